The molecule has 0 saturated carbocycles. The molecule has 3 amide bonds. The van der Waals surface area contributed by atoms with Crippen LogP contribution >= 0.6 is 31.0 Å². The number of ether oxygens (including phenoxy) is 1. The molecule has 0 aliphatic rings. The van der Waals surface area contributed by atoms with Crippen molar-refractivity contribution < 1.29 is 32.7 Å². The predicted octanol–water partition coefficient (Wildman–Crippen LogP) is 3.43. The number of hydrogen-bond acceptors (Lipinski definition) is 8. The highest BCUT2D eigenvalue weighted by atomic mass is 35.5. The molecule has 0 aliphatic heterocycles. The zero-order valence-electron chi connectivity index (χ0n) is 20.8. The van der Waals surface area contributed by atoms with E-state index in [1.165, 1.54) is 30.6 Å². The van der Waals surface area contributed by atoms with Gasteiger partial charge in [-0.3, -0.25) is 14.2 Å². The summed E-state index contributed by atoms with van der Waals surface area (Å²) in [5, 5.41) is 5.16. The van der Waals surface area contributed by atoms with Gasteiger partial charge in [-0.05, 0) is 60.0 Å². The van der Waals surface area contributed by atoms with Crippen LogP contribution < -0.4 is 10.6 Å². The second kappa shape index (κ2) is 15.1. The Balaban J connectivity index is 5.48. The smallest absolute Gasteiger partial charge is 0.408 e. The zero-order valence-corrected chi connectivity index (χ0v) is 23.3. The summed E-state index contributed by atoms with van der Waals surface area (Å²) in [6.07, 6.45) is 1.48. The summed E-state index contributed by atoms with van der Waals surface area (Å²) in [6, 6.07) is -1.98. The summed E-state index contributed by atoms with van der Waals surface area (Å²) in [6.45, 7) is 10.3. The van der Waals surface area contributed by atoms with Crippen LogP contribution in [0.4, 0.5) is 4.79 Å². The van der Waals surface area contributed by atoms with Gasteiger partial charge in [0.05, 0.1) is 19.1 Å². The maximum absolute atomic E-state index is 13.1. The molecule has 0 heterocycles. The summed E-state index contributed by atoms with van der Waals surface area (Å²) in [7, 11) is -2.17. The van der Waals surface area contributed by atoms with Crippen LogP contribution in [0.1, 0.15) is 48.0 Å². The number of alkyl carbamates (subject to hydrolysis) is 1. The number of alkyl halides is 1. The first-order valence-corrected chi connectivity index (χ1v) is 14.3. The molecule has 10 nitrogen and oxygen atoms in total. The fourth-order valence-electron chi connectivity index (χ4n) is 2.69. The van der Waals surface area contributed by atoms with Crippen LogP contribution in [0.5, 0.6) is 0 Å². The average molecular weight is 532 g/mol. The number of thioether (sulfide) groups is 1. The fourth-order valence-corrected chi connectivity index (χ4v) is 5.04. The van der Waals surface area contributed by atoms with Gasteiger partial charge in [0.1, 0.15) is 23.5 Å². The molecule has 0 saturated heterocycles. The van der Waals surface area contributed by atoms with Crippen molar-refractivity contribution >= 4 is 48.9 Å². The SMILES string of the molecule is CCOP(=O)(OCC)C(C)NC(=O)[C@H](CCl)N(C)C(=O)[C@H](CCSC)NC(=O)OC(C)(C)C. The maximum atomic E-state index is 13.1. The molecule has 0 aromatic heterocycles. The standard InChI is InChI=1S/C20H39ClN3O7PS/c1-9-29-32(28,30-10-2)14(3)22-17(25)16(13-21)24(7)18(26)15(11-12-33-8)23-19(27)31-20(4,5)6/h14-16H,9-13H2,1-8H3,(H,22,25)(H,23,27)/t14?,15-,16-/m0/s1. The molecular formula is C20H39ClN3O7PS. The number of hydrogen-bond donors (Lipinski definition) is 2. The average Bonchev–Trinajstić information content (AvgIpc) is 2.69. The van der Waals surface area contributed by atoms with E-state index in [9.17, 15) is 18.9 Å². The quantitative estimate of drug-likeness (QED) is 0.258. The van der Waals surface area contributed by atoms with E-state index in [-0.39, 0.29) is 19.1 Å². The van der Waals surface area contributed by atoms with E-state index in [0.29, 0.717) is 12.2 Å². The van der Waals surface area contributed by atoms with Gasteiger partial charge in [-0.25, -0.2) is 4.79 Å². The van der Waals surface area contributed by atoms with Crippen molar-refractivity contribution in [2.45, 2.75) is 71.4 Å². The van der Waals surface area contributed by atoms with Crippen LogP contribution in [0.3, 0.4) is 0 Å². The third-order valence-corrected chi connectivity index (χ3v) is 7.56. The highest BCUT2D eigenvalue weighted by molar-refractivity contribution is 7.98. The van der Waals surface area contributed by atoms with Crippen LogP contribution in [0, 0.1) is 0 Å². The first-order chi connectivity index (χ1) is 15.3. The van der Waals surface area contributed by atoms with Gasteiger partial charge >= 0.3 is 13.7 Å². The van der Waals surface area contributed by atoms with Gasteiger partial charge in [-0.1, -0.05) is 0 Å². The number of nitrogens with one attached hydrogen (secondary N) is 2. The Labute approximate surface area is 206 Å². The van der Waals surface area contributed by atoms with Gasteiger partial charge < -0.3 is 29.3 Å². The van der Waals surface area contributed by atoms with Gasteiger partial charge in [-0.15, -0.1) is 11.6 Å². The van der Waals surface area contributed by atoms with Gasteiger partial charge in [0.2, 0.25) is 11.8 Å². The monoisotopic (exact) mass is 531 g/mol. The molecular weight excluding hydrogens is 493 g/mol. The molecule has 0 spiro atoms. The first kappa shape index (κ1) is 32.0. The number of likely N-dealkylation sites (N-methyl/N-ethyl adjacent to an activating group) is 1. The van der Waals surface area contributed by atoms with Crippen LogP contribution in [0.15, 0.2) is 0 Å². The lowest BCUT2D eigenvalue weighted by Gasteiger charge is -2.32. The lowest BCUT2D eigenvalue weighted by atomic mass is 10.1. The van der Waals surface area contributed by atoms with Gasteiger partial charge in [-0.2, -0.15) is 11.8 Å². The van der Waals surface area contributed by atoms with Crippen LogP contribution in [0.2, 0.25) is 0 Å². The molecule has 194 valence electrons. The van der Waals surface area contributed by atoms with E-state index in [1.807, 2.05) is 6.26 Å². The van der Waals surface area contributed by atoms with E-state index in [1.54, 1.807) is 34.6 Å². The second-order valence-electron chi connectivity index (χ2n) is 8.16. The maximum Gasteiger partial charge on any atom is 0.408 e. The van der Waals surface area contributed by atoms with Crippen molar-refractivity contribution in [3.8, 4) is 0 Å². The lowest BCUT2D eigenvalue weighted by Crippen LogP contribution is -2.56. The van der Waals surface area contributed by atoms with Crippen LogP contribution in [-0.2, 0) is 27.9 Å². The molecule has 13 heteroatoms. The van der Waals surface area contributed by atoms with E-state index in [4.69, 9.17) is 25.4 Å². The third-order valence-electron chi connectivity index (χ3n) is 4.31. The third kappa shape index (κ3) is 11.3. The molecule has 0 fully saturated rings. The molecule has 0 bridgehead atoms. The van der Waals surface area contributed by atoms with E-state index in [2.05, 4.69) is 10.6 Å². The number of amides is 3. The molecule has 2 N–H and O–H groups in total. The fraction of sp³-hybridized carbons (Fsp3) is 0.850. The second-order valence-corrected chi connectivity index (χ2v) is 11.8. The Morgan fingerprint density at radius 3 is 2.09 bits per heavy atom. The largest absolute Gasteiger partial charge is 0.444 e. The minimum Gasteiger partial charge on any atom is -0.444 e. The van der Waals surface area contributed by atoms with E-state index >= 15 is 0 Å². The minimum atomic E-state index is -3.60. The molecule has 0 aliphatic carbocycles. The molecule has 0 rings (SSSR count). The molecule has 3 atom stereocenters. The summed E-state index contributed by atoms with van der Waals surface area (Å²) in [5.41, 5.74) is -0.729. The minimum absolute atomic E-state index is 0.141. The molecule has 0 aromatic rings. The molecule has 1 unspecified atom stereocenters. The normalized spacial score (nSPS) is 14.7. The highest BCUT2D eigenvalue weighted by Gasteiger charge is 2.37. The van der Waals surface area contributed by atoms with E-state index < -0.39 is 49.0 Å². The predicted molar refractivity (Wildman–Crippen MR) is 132 cm³/mol. The van der Waals surface area contributed by atoms with Gasteiger partial charge in [0, 0.05) is 7.05 Å². The van der Waals surface area contributed by atoms with Crippen molar-refractivity contribution in [2.75, 3.05) is 38.2 Å². The topological polar surface area (TPSA) is 123 Å². The highest BCUT2D eigenvalue weighted by Crippen LogP contribution is 2.51. The summed E-state index contributed by atoms with van der Waals surface area (Å²) in [5.74, 6) is -1.68. The summed E-state index contributed by atoms with van der Waals surface area (Å²) < 4.78 is 28.7. The number of nitrogens with zero attached hydrogens (tertiary/aromatic N) is 1. The van der Waals surface area contributed by atoms with Crippen LogP contribution in [0.25, 0.3) is 0 Å². The number of halogens is 1. The Bertz CT molecular complexity index is 683. The van der Waals surface area contributed by atoms with Gasteiger partial charge in [0.25, 0.3) is 0 Å². The zero-order chi connectivity index (χ0) is 25.8. The number of carbonyl (C=O) groups excluding carboxylic acids is 3. The summed E-state index contributed by atoms with van der Waals surface area (Å²) in [4.78, 5) is 39.4. The van der Waals surface area contributed by atoms with Crippen molar-refractivity contribution in [3.05, 3.63) is 0 Å². The van der Waals surface area contributed by atoms with Crippen molar-refractivity contribution in [3.63, 3.8) is 0 Å². The van der Waals surface area contributed by atoms with E-state index in [0.717, 1.165) is 0 Å². The number of carbonyl (C=O) groups is 3. The Morgan fingerprint density at radius 1 is 1.12 bits per heavy atom. The molecule has 33 heavy (non-hydrogen) atoms. The van der Waals surface area contributed by atoms with Crippen molar-refractivity contribution in [1.29, 1.82) is 0 Å². The van der Waals surface area contributed by atoms with Crippen LogP contribution in [-0.4, -0.2) is 84.4 Å². The summed E-state index contributed by atoms with van der Waals surface area (Å²) >= 11 is 7.53. The lowest BCUT2D eigenvalue weighted by molar-refractivity contribution is -0.139. The van der Waals surface area contributed by atoms with Crippen molar-refractivity contribution in [2.24, 2.45) is 0 Å². The van der Waals surface area contributed by atoms with Crippen molar-refractivity contribution in [1.82, 2.24) is 15.5 Å². The Hall–Kier alpha value is -1.00. The molecule has 0 radical (unpaired) electrons. The Kier molecular flexibility index (Phi) is 14.6. The Morgan fingerprint density at radius 2 is 1.67 bits per heavy atom. The first-order valence-electron chi connectivity index (χ1n) is 10.8. The number of rotatable bonds is 14. The molecule has 0 aromatic carbocycles. The van der Waals surface area contributed by atoms with Gasteiger partial charge in [0.15, 0.2) is 0 Å².